The van der Waals surface area contributed by atoms with Crippen molar-refractivity contribution in [3.63, 3.8) is 0 Å². The molecule has 2 rings (SSSR count). The van der Waals surface area contributed by atoms with Crippen LogP contribution in [0.4, 0.5) is 0 Å². The monoisotopic (exact) mass is 231 g/mol. The molecule has 2 aromatic rings. The summed E-state index contributed by atoms with van der Waals surface area (Å²) in [6.45, 7) is 5.94. The number of aliphatic carboxylic acids is 1. The first kappa shape index (κ1) is 11.7. The molecule has 2 N–H and O–H groups in total. The molecule has 0 atom stereocenters. The Bertz CT molecular complexity index is 567. The molecule has 0 amide bonds. The van der Waals surface area contributed by atoms with Gasteiger partial charge >= 0.3 is 5.97 Å². The molecule has 0 saturated carbocycles. The molecule has 90 valence electrons. The number of carbonyl (C=O) groups is 1. The second kappa shape index (κ2) is 3.91. The van der Waals surface area contributed by atoms with Gasteiger partial charge in [-0.2, -0.15) is 0 Å². The van der Waals surface area contributed by atoms with E-state index in [1.807, 2.05) is 32.9 Å². The van der Waals surface area contributed by atoms with Crippen LogP contribution >= 0.6 is 0 Å². The van der Waals surface area contributed by atoms with E-state index in [-0.39, 0.29) is 11.8 Å². The lowest BCUT2D eigenvalue weighted by Gasteiger charge is -2.23. The fourth-order valence-corrected chi connectivity index (χ4v) is 2.18. The van der Waals surface area contributed by atoms with E-state index in [4.69, 9.17) is 5.11 Å². The lowest BCUT2D eigenvalue weighted by atomic mass is 9.81. The van der Waals surface area contributed by atoms with Crippen LogP contribution in [0, 0.1) is 6.92 Å². The number of carboxylic acid groups (broad SMARTS) is 1. The van der Waals surface area contributed by atoms with Crippen LogP contribution in [0.25, 0.3) is 10.9 Å². The van der Waals surface area contributed by atoms with Crippen LogP contribution in [0.15, 0.2) is 24.3 Å². The van der Waals surface area contributed by atoms with E-state index in [0.717, 1.165) is 22.2 Å². The number of fused-ring (bicyclic) bond motifs is 1. The zero-order chi connectivity index (χ0) is 12.6. The first-order valence-corrected chi connectivity index (χ1v) is 5.70. The van der Waals surface area contributed by atoms with Crippen molar-refractivity contribution < 1.29 is 9.90 Å². The zero-order valence-corrected chi connectivity index (χ0v) is 10.4. The predicted octanol–water partition coefficient (Wildman–Crippen LogP) is 3.23. The van der Waals surface area contributed by atoms with Crippen LogP contribution < -0.4 is 0 Å². The van der Waals surface area contributed by atoms with Crippen molar-refractivity contribution in [1.82, 2.24) is 4.98 Å². The Hall–Kier alpha value is -1.77. The number of hydrogen-bond acceptors (Lipinski definition) is 1. The van der Waals surface area contributed by atoms with Crippen LogP contribution in [0.2, 0.25) is 0 Å². The maximum absolute atomic E-state index is 10.8. The Morgan fingerprint density at radius 2 is 2.06 bits per heavy atom. The Morgan fingerprint density at radius 3 is 2.71 bits per heavy atom. The average molecular weight is 231 g/mol. The fraction of sp³-hybridized carbons (Fsp3) is 0.357. The maximum atomic E-state index is 10.8. The standard InChI is InChI=1S/C14H17NO2/c1-9-6-10-7-11(4-5-12(10)15-9)14(2,3)8-13(16)17/h4-7,15H,8H2,1-3H3,(H,16,17). The van der Waals surface area contributed by atoms with E-state index >= 15 is 0 Å². The van der Waals surface area contributed by atoms with Gasteiger partial charge in [-0.3, -0.25) is 4.79 Å². The van der Waals surface area contributed by atoms with Crippen molar-refractivity contribution >= 4 is 16.9 Å². The fourth-order valence-electron chi connectivity index (χ4n) is 2.18. The Labute approximate surface area is 100 Å². The van der Waals surface area contributed by atoms with Crippen molar-refractivity contribution in [2.24, 2.45) is 0 Å². The highest BCUT2D eigenvalue weighted by atomic mass is 16.4. The van der Waals surface area contributed by atoms with Crippen LogP contribution in [0.5, 0.6) is 0 Å². The van der Waals surface area contributed by atoms with Crippen molar-refractivity contribution in [1.29, 1.82) is 0 Å². The van der Waals surface area contributed by atoms with E-state index in [1.165, 1.54) is 0 Å². The predicted molar refractivity (Wildman–Crippen MR) is 68.3 cm³/mol. The van der Waals surface area contributed by atoms with Gasteiger partial charge in [-0.1, -0.05) is 19.9 Å². The molecule has 0 saturated heterocycles. The second-order valence-corrected chi connectivity index (χ2v) is 5.21. The molecule has 0 spiro atoms. The van der Waals surface area contributed by atoms with Gasteiger partial charge in [0.05, 0.1) is 6.42 Å². The lowest BCUT2D eigenvalue weighted by Crippen LogP contribution is -2.21. The van der Waals surface area contributed by atoms with Crippen LogP contribution in [-0.4, -0.2) is 16.1 Å². The van der Waals surface area contributed by atoms with Crippen LogP contribution in [-0.2, 0) is 10.2 Å². The molecule has 0 unspecified atom stereocenters. The largest absolute Gasteiger partial charge is 0.481 e. The summed E-state index contributed by atoms with van der Waals surface area (Å²) in [5.74, 6) is -0.764. The third kappa shape index (κ3) is 2.33. The molecule has 3 heteroatoms. The molecule has 0 aliphatic heterocycles. The topological polar surface area (TPSA) is 53.1 Å². The van der Waals surface area contributed by atoms with Gasteiger partial charge in [0, 0.05) is 16.6 Å². The van der Waals surface area contributed by atoms with Crippen LogP contribution in [0.1, 0.15) is 31.5 Å². The first-order chi connectivity index (χ1) is 7.88. The van der Waals surface area contributed by atoms with E-state index < -0.39 is 5.97 Å². The highest BCUT2D eigenvalue weighted by Crippen LogP contribution is 2.29. The molecule has 1 aromatic carbocycles. The molecule has 0 fully saturated rings. The van der Waals surface area contributed by atoms with Crippen LogP contribution in [0.3, 0.4) is 0 Å². The molecule has 1 aromatic heterocycles. The summed E-state index contributed by atoms with van der Waals surface area (Å²) < 4.78 is 0. The molecule has 0 bridgehead atoms. The number of H-pyrrole nitrogens is 1. The third-order valence-electron chi connectivity index (χ3n) is 3.13. The molecular weight excluding hydrogens is 214 g/mol. The smallest absolute Gasteiger partial charge is 0.304 e. The SMILES string of the molecule is Cc1cc2cc(C(C)(C)CC(=O)O)ccc2[nH]1. The first-order valence-electron chi connectivity index (χ1n) is 5.70. The van der Waals surface area contributed by atoms with Crippen molar-refractivity contribution in [2.75, 3.05) is 0 Å². The zero-order valence-electron chi connectivity index (χ0n) is 10.4. The van der Waals surface area contributed by atoms with Gasteiger partial charge < -0.3 is 10.1 Å². The summed E-state index contributed by atoms with van der Waals surface area (Å²) in [4.78, 5) is 14.1. The molecule has 1 heterocycles. The highest BCUT2D eigenvalue weighted by molar-refractivity contribution is 5.81. The minimum atomic E-state index is -0.764. The lowest BCUT2D eigenvalue weighted by molar-refractivity contribution is -0.138. The number of carboxylic acids is 1. The van der Waals surface area contributed by atoms with Crippen molar-refractivity contribution in [2.45, 2.75) is 32.6 Å². The van der Waals surface area contributed by atoms with Gasteiger partial charge in [0.2, 0.25) is 0 Å². The molecule has 3 nitrogen and oxygen atoms in total. The summed E-state index contributed by atoms with van der Waals surface area (Å²) in [5, 5.41) is 10.1. The minimum Gasteiger partial charge on any atom is -0.481 e. The average Bonchev–Trinajstić information content (AvgIpc) is 2.54. The summed E-state index contributed by atoms with van der Waals surface area (Å²) in [6.07, 6.45) is 0.141. The van der Waals surface area contributed by atoms with Crippen molar-refractivity contribution in [3.05, 3.63) is 35.5 Å². The van der Waals surface area contributed by atoms with Gasteiger partial charge in [0.15, 0.2) is 0 Å². The van der Waals surface area contributed by atoms with E-state index in [1.54, 1.807) is 0 Å². The minimum absolute atomic E-state index is 0.141. The number of aryl methyl sites for hydroxylation is 1. The molecule has 0 radical (unpaired) electrons. The van der Waals surface area contributed by atoms with Gasteiger partial charge in [-0.05, 0) is 36.1 Å². The summed E-state index contributed by atoms with van der Waals surface area (Å²) >= 11 is 0. The Balaban J connectivity index is 2.44. The number of aromatic amines is 1. The van der Waals surface area contributed by atoms with E-state index in [9.17, 15) is 4.79 Å². The Kier molecular flexibility index (Phi) is 2.69. The normalized spacial score (nSPS) is 11.9. The quantitative estimate of drug-likeness (QED) is 0.852. The second-order valence-electron chi connectivity index (χ2n) is 5.21. The van der Waals surface area contributed by atoms with Gasteiger partial charge in [0.25, 0.3) is 0 Å². The van der Waals surface area contributed by atoms with E-state index in [0.29, 0.717) is 0 Å². The number of hydrogen-bond donors (Lipinski definition) is 2. The highest BCUT2D eigenvalue weighted by Gasteiger charge is 2.24. The number of aromatic nitrogens is 1. The summed E-state index contributed by atoms with van der Waals surface area (Å²) in [6, 6.07) is 8.17. The molecule has 0 aliphatic rings. The van der Waals surface area contributed by atoms with Crippen molar-refractivity contribution in [3.8, 4) is 0 Å². The third-order valence-corrected chi connectivity index (χ3v) is 3.13. The molecule has 17 heavy (non-hydrogen) atoms. The number of rotatable bonds is 3. The summed E-state index contributed by atoms with van der Waals surface area (Å²) in [5.41, 5.74) is 2.93. The maximum Gasteiger partial charge on any atom is 0.304 e. The van der Waals surface area contributed by atoms with Gasteiger partial charge in [0.1, 0.15) is 0 Å². The summed E-state index contributed by atoms with van der Waals surface area (Å²) in [7, 11) is 0. The molecular formula is C14H17NO2. The Morgan fingerprint density at radius 1 is 1.35 bits per heavy atom. The van der Waals surface area contributed by atoms with Gasteiger partial charge in [-0.15, -0.1) is 0 Å². The van der Waals surface area contributed by atoms with Gasteiger partial charge in [-0.25, -0.2) is 0 Å². The molecule has 0 aliphatic carbocycles. The van der Waals surface area contributed by atoms with E-state index in [2.05, 4.69) is 17.1 Å². The number of nitrogens with one attached hydrogen (secondary N) is 1. The number of benzene rings is 1.